The lowest BCUT2D eigenvalue weighted by atomic mass is 10.0. The van der Waals surface area contributed by atoms with Gasteiger partial charge in [0.25, 0.3) is 5.91 Å². The van der Waals surface area contributed by atoms with Crippen LogP contribution in [-0.4, -0.2) is 67.0 Å². The number of carbonyl (C=O) groups excluding carboxylic acids is 2. The van der Waals surface area contributed by atoms with Crippen LogP contribution in [0.1, 0.15) is 56.0 Å². The minimum atomic E-state index is -1.36. The topological polar surface area (TPSA) is 93.8 Å². The summed E-state index contributed by atoms with van der Waals surface area (Å²) in [6.07, 6.45) is 1.75. The number of aryl methyl sites for hydroxylation is 1. The van der Waals surface area contributed by atoms with Crippen molar-refractivity contribution in [3.05, 3.63) is 52.6 Å². The molecule has 42 heavy (non-hydrogen) atoms. The van der Waals surface area contributed by atoms with Gasteiger partial charge in [-0.2, -0.15) is 5.10 Å². The molecule has 2 atom stereocenters. The average Bonchev–Trinajstić information content (AvgIpc) is 3.56. The zero-order chi connectivity index (χ0) is 29.9. The molecular formula is C30H33ClF2N6O3. The largest absolute Gasteiger partial charge is 0.444 e. The SMILES string of the molecule is Cc1c(-c2cc3ccc(Cl)nc3n2CC2CC2)nn2cc(C(=O)N3C[C@H](F)C[C@@H](NC(=O)OC(C)(C)C)C3)cc(F)c12. The Morgan fingerprint density at radius 2 is 1.95 bits per heavy atom. The van der Waals surface area contributed by atoms with Gasteiger partial charge in [-0.05, 0) is 70.7 Å². The van der Waals surface area contributed by atoms with E-state index in [-0.39, 0.29) is 30.6 Å². The van der Waals surface area contributed by atoms with Gasteiger partial charge in [-0.1, -0.05) is 11.6 Å². The van der Waals surface area contributed by atoms with E-state index in [0.29, 0.717) is 22.3 Å². The quantitative estimate of drug-likeness (QED) is 0.287. The highest BCUT2D eigenvalue weighted by molar-refractivity contribution is 6.29. The molecule has 1 saturated carbocycles. The van der Waals surface area contributed by atoms with Gasteiger partial charge in [-0.3, -0.25) is 4.79 Å². The summed E-state index contributed by atoms with van der Waals surface area (Å²) < 4.78 is 39.0. The van der Waals surface area contributed by atoms with Gasteiger partial charge < -0.3 is 19.5 Å². The van der Waals surface area contributed by atoms with E-state index in [4.69, 9.17) is 21.4 Å². The van der Waals surface area contributed by atoms with Gasteiger partial charge in [0.1, 0.15) is 39.6 Å². The van der Waals surface area contributed by atoms with E-state index in [1.165, 1.54) is 15.6 Å². The van der Waals surface area contributed by atoms with Gasteiger partial charge in [0.05, 0.1) is 23.8 Å². The molecule has 6 rings (SSSR count). The fourth-order valence-corrected chi connectivity index (χ4v) is 5.78. The van der Waals surface area contributed by atoms with Crippen LogP contribution in [0.25, 0.3) is 27.9 Å². The molecule has 0 aromatic carbocycles. The van der Waals surface area contributed by atoms with Crippen LogP contribution < -0.4 is 5.32 Å². The Morgan fingerprint density at radius 1 is 1.19 bits per heavy atom. The maximum Gasteiger partial charge on any atom is 0.407 e. The number of hydrogen-bond donors (Lipinski definition) is 1. The maximum atomic E-state index is 15.6. The van der Waals surface area contributed by atoms with Crippen LogP contribution in [0.3, 0.4) is 0 Å². The first-order valence-electron chi connectivity index (χ1n) is 14.1. The smallest absolute Gasteiger partial charge is 0.407 e. The molecule has 0 bridgehead atoms. The fourth-order valence-electron chi connectivity index (χ4n) is 5.64. The normalized spacial score (nSPS) is 19.5. The molecule has 1 aliphatic carbocycles. The van der Waals surface area contributed by atoms with E-state index < -0.39 is 35.6 Å². The second-order valence-electron chi connectivity index (χ2n) is 12.4. The van der Waals surface area contributed by atoms with Crippen molar-refractivity contribution in [2.45, 2.75) is 71.3 Å². The van der Waals surface area contributed by atoms with E-state index in [9.17, 15) is 14.0 Å². The molecule has 2 aliphatic rings. The summed E-state index contributed by atoms with van der Waals surface area (Å²) in [4.78, 5) is 31.6. The van der Waals surface area contributed by atoms with Gasteiger partial charge in [-0.15, -0.1) is 0 Å². The number of pyridine rings is 2. The molecule has 12 heteroatoms. The molecule has 2 fully saturated rings. The van der Waals surface area contributed by atoms with Crippen molar-refractivity contribution in [2.24, 2.45) is 5.92 Å². The molecule has 5 heterocycles. The summed E-state index contributed by atoms with van der Waals surface area (Å²) in [5.74, 6) is -0.623. The number of nitrogens with one attached hydrogen (secondary N) is 1. The van der Waals surface area contributed by atoms with Crippen molar-refractivity contribution in [3.8, 4) is 11.4 Å². The number of likely N-dealkylation sites (tertiary alicyclic amines) is 1. The molecule has 1 N–H and O–H groups in total. The number of amides is 2. The summed E-state index contributed by atoms with van der Waals surface area (Å²) in [5, 5.41) is 8.66. The first kappa shape index (κ1) is 28.4. The predicted octanol–water partition coefficient (Wildman–Crippen LogP) is 5.94. The van der Waals surface area contributed by atoms with Gasteiger partial charge in [0.2, 0.25) is 0 Å². The number of alkyl halides is 1. The van der Waals surface area contributed by atoms with Crippen LogP contribution in [0.5, 0.6) is 0 Å². The molecular weight excluding hydrogens is 566 g/mol. The van der Waals surface area contributed by atoms with Crippen LogP contribution in [0.4, 0.5) is 13.6 Å². The zero-order valence-corrected chi connectivity index (χ0v) is 24.7. The van der Waals surface area contributed by atoms with Crippen molar-refractivity contribution in [2.75, 3.05) is 13.1 Å². The van der Waals surface area contributed by atoms with Crippen LogP contribution >= 0.6 is 11.6 Å². The molecule has 4 aromatic heterocycles. The number of fused-ring (bicyclic) bond motifs is 2. The fraction of sp³-hybridized carbons (Fsp3) is 0.467. The molecule has 1 aliphatic heterocycles. The minimum absolute atomic E-state index is 0.0335. The van der Waals surface area contributed by atoms with E-state index >= 15 is 4.39 Å². The van der Waals surface area contributed by atoms with Gasteiger partial charge in [0, 0.05) is 36.7 Å². The van der Waals surface area contributed by atoms with Crippen molar-refractivity contribution < 1.29 is 23.1 Å². The third-order valence-electron chi connectivity index (χ3n) is 7.66. The average molecular weight is 599 g/mol. The van der Waals surface area contributed by atoms with Crippen molar-refractivity contribution in [1.29, 1.82) is 0 Å². The van der Waals surface area contributed by atoms with E-state index in [1.54, 1.807) is 33.8 Å². The molecule has 1 saturated heterocycles. The van der Waals surface area contributed by atoms with Crippen LogP contribution in [0.2, 0.25) is 5.15 Å². The molecule has 0 unspecified atom stereocenters. The second kappa shape index (κ2) is 10.5. The number of piperidine rings is 1. The Labute approximate surface area is 246 Å². The number of rotatable bonds is 5. The Hall–Kier alpha value is -3.73. The monoisotopic (exact) mass is 598 g/mol. The highest BCUT2D eigenvalue weighted by atomic mass is 35.5. The Bertz CT molecular complexity index is 1710. The van der Waals surface area contributed by atoms with Crippen molar-refractivity contribution in [3.63, 3.8) is 0 Å². The number of nitrogens with zero attached hydrogens (tertiary/aromatic N) is 5. The highest BCUT2D eigenvalue weighted by Gasteiger charge is 2.33. The summed E-state index contributed by atoms with van der Waals surface area (Å²) in [5.41, 5.74) is 2.32. The summed E-state index contributed by atoms with van der Waals surface area (Å²) in [6.45, 7) is 7.65. The van der Waals surface area contributed by atoms with Crippen LogP contribution in [0, 0.1) is 18.7 Å². The lowest BCUT2D eigenvalue weighted by Gasteiger charge is -2.35. The second-order valence-corrected chi connectivity index (χ2v) is 12.7. The molecule has 222 valence electrons. The molecule has 0 radical (unpaired) electrons. The van der Waals surface area contributed by atoms with E-state index in [2.05, 4.69) is 14.9 Å². The first-order chi connectivity index (χ1) is 19.9. The predicted molar refractivity (Wildman–Crippen MR) is 155 cm³/mol. The number of aromatic nitrogens is 4. The van der Waals surface area contributed by atoms with Crippen LogP contribution in [0.15, 0.2) is 30.5 Å². The summed E-state index contributed by atoms with van der Waals surface area (Å²) in [7, 11) is 0. The summed E-state index contributed by atoms with van der Waals surface area (Å²) in [6, 6.07) is 6.14. The van der Waals surface area contributed by atoms with E-state index in [1.807, 2.05) is 12.1 Å². The lowest BCUT2D eigenvalue weighted by Crippen LogP contribution is -2.54. The zero-order valence-electron chi connectivity index (χ0n) is 24.0. The number of hydrogen-bond acceptors (Lipinski definition) is 5. The minimum Gasteiger partial charge on any atom is -0.444 e. The maximum absolute atomic E-state index is 15.6. The molecule has 4 aromatic rings. The Balaban J connectivity index is 1.31. The third kappa shape index (κ3) is 5.66. The molecule has 9 nitrogen and oxygen atoms in total. The Morgan fingerprint density at radius 3 is 2.67 bits per heavy atom. The third-order valence-corrected chi connectivity index (χ3v) is 7.87. The Kier molecular flexibility index (Phi) is 7.11. The van der Waals surface area contributed by atoms with Crippen molar-refractivity contribution >= 4 is 40.2 Å². The molecule has 0 spiro atoms. The summed E-state index contributed by atoms with van der Waals surface area (Å²) >= 11 is 6.21. The van der Waals surface area contributed by atoms with Gasteiger partial charge in [0.15, 0.2) is 0 Å². The number of ether oxygens (including phenoxy) is 1. The number of alkyl carbamates (subject to hydrolysis) is 1. The first-order valence-corrected chi connectivity index (χ1v) is 14.5. The highest BCUT2D eigenvalue weighted by Crippen LogP contribution is 2.37. The van der Waals surface area contributed by atoms with Crippen molar-refractivity contribution in [1.82, 2.24) is 29.4 Å². The molecule has 2 amide bonds. The van der Waals surface area contributed by atoms with Gasteiger partial charge in [-0.25, -0.2) is 23.1 Å². The standard InChI is InChI=1S/C30H33ClF2N6O3/c1-16-25(23-10-18-7-8-24(31)35-27(18)38(23)12-17-5-6-17)36-39-13-19(9-22(33)26(16)39)28(40)37-14-20(32)11-21(15-37)34-29(41)42-30(2,3)4/h7-10,13,17,20-21H,5-6,11-12,14-15H2,1-4H3,(H,34,41)/t20-,21-/m1/s1. The number of carbonyl (C=O) groups is 2. The van der Waals surface area contributed by atoms with Crippen LogP contribution in [-0.2, 0) is 11.3 Å². The lowest BCUT2D eigenvalue weighted by molar-refractivity contribution is 0.0394. The number of halogens is 3. The van der Waals surface area contributed by atoms with Gasteiger partial charge >= 0.3 is 6.09 Å². The van der Waals surface area contributed by atoms with E-state index in [0.717, 1.165) is 42.2 Å².